The lowest BCUT2D eigenvalue weighted by Gasteiger charge is -2.29. The van der Waals surface area contributed by atoms with Gasteiger partial charge >= 0.3 is 6.18 Å². The van der Waals surface area contributed by atoms with Gasteiger partial charge in [0.1, 0.15) is 5.76 Å². The Hall–Kier alpha value is -1.20. The van der Waals surface area contributed by atoms with E-state index in [1.807, 2.05) is 0 Å². The highest BCUT2D eigenvalue weighted by Gasteiger charge is 2.43. The molecule has 1 fully saturated rings. The summed E-state index contributed by atoms with van der Waals surface area (Å²) in [6, 6.07) is 0. The van der Waals surface area contributed by atoms with Crippen molar-refractivity contribution in [1.82, 2.24) is 5.16 Å². The van der Waals surface area contributed by atoms with Gasteiger partial charge in [-0.3, -0.25) is 0 Å². The molecule has 2 N–H and O–H groups in total. The van der Waals surface area contributed by atoms with Crippen LogP contribution in [0, 0.1) is 12.8 Å². The Kier molecular flexibility index (Phi) is 3.05. The molecule has 1 saturated carbocycles. The first-order valence-corrected chi connectivity index (χ1v) is 5.68. The number of alkyl halides is 3. The topological polar surface area (TPSA) is 52.0 Å². The van der Waals surface area contributed by atoms with Gasteiger partial charge in [0.2, 0.25) is 0 Å². The molecule has 0 aliphatic heterocycles. The minimum atomic E-state index is -4.11. The van der Waals surface area contributed by atoms with Gasteiger partial charge in [-0.05, 0) is 26.2 Å². The molecule has 0 saturated heterocycles. The van der Waals surface area contributed by atoms with Crippen LogP contribution in [0.1, 0.15) is 42.9 Å². The molecule has 0 amide bonds. The van der Waals surface area contributed by atoms with Gasteiger partial charge in [-0.15, -0.1) is 0 Å². The fourth-order valence-corrected chi connectivity index (χ4v) is 2.47. The zero-order chi connectivity index (χ0) is 12.6. The summed E-state index contributed by atoms with van der Waals surface area (Å²) in [6.45, 7) is 1.73. The first-order valence-electron chi connectivity index (χ1n) is 5.68. The quantitative estimate of drug-likeness (QED) is 0.828. The van der Waals surface area contributed by atoms with Gasteiger partial charge in [0.05, 0.1) is 5.92 Å². The number of aromatic nitrogens is 1. The van der Waals surface area contributed by atoms with Gasteiger partial charge in [0.15, 0.2) is 5.82 Å². The maximum atomic E-state index is 12.7. The maximum absolute atomic E-state index is 12.7. The molecular weight excluding hydrogens is 233 g/mol. The fourth-order valence-electron chi connectivity index (χ4n) is 2.47. The monoisotopic (exact) mass is 248 g/mol. The van der Waals surface area contributed by atoms with Gasteiger partial charge in [0, 0.05) is 11.5 Å². The Morgan fingerprint density at radius 1 is 1.35 bits per heavy atom. The van der Waals surface area contributed by atoms with Crippen LogP contribution in [-0.4, -0.2) is 11.3 Å². The van der Waals surface area contributed by atoms with E-state index in [0.717, 1.165) is 0 Å². The Labute approximate surface area is 97.1 Å². The summed E-state index contributed by atoms with van der Waals surface area (Å²) in [5.74, 6) is -0.641. The number of halogens is 3. The standard InChI is InChI=1S/C11H15F3N2O/c1-6-9(17-16-10(6)15)7-3-2-4-8(5-7)11(12,13)14/h7-8H,2-5H2,1H3,(H2,15,16). The molecule has 2 unspecified atom stereocenters. The Morgan fingerprint density at radius 2 is 2.06 bits per heavy atom. The zero-order valence-corrected chi connectivity index (χ0v) is 9.55. The number of hydrogen-bond donors (Lipinski definition) is 1. The van der Waals surface area contributed by atoms with Crippen molar-refractivity contribution < 1.29 is 17.7 Å². The summed E-state index contributed by atoms with van der Waals surface area (Å²) in [6.07, 6.45) is -2.54. The highest BCUT2D eigenvalue weighted by atomic mass is 19.4. The van der Waals surface area contributed by atoms with Crippen LogP contribution in [0.5, 0.6) is 0 Å². The second-order valence-electron chi connectivity index (χ2n) is 4.66. The number of hydrogen-bond acceptors (Lipinski definition) is 3. The number of nitrogens with two attached hydrogens (primary N) is 1. The van der Waals surface area contributed by atoms with Crippen molar-refractivity contribution in [3.63, 3.8) is 0 Å². The molecule has 1 aliphatic rings. The van der Waals surface area contributed by atoms with Crippen molar-refractivity contribution in [3.8, 4) is 0 Å². The fraction of sp³-hybridized carbons (Fsp3) is 0.727. The number of nitrogens with zero attached hydrogens (tertiary/aromatic N) is 1. The van der Waals surface area contributed by atoms with E-state index in [4.69, 9.17) is 10.3 Å². The molecule has 0 aromatic carbocycles. The maximum Gasteiger partial charge on any atom is 0.391 e. The molecule has 1 aromatic heterocycles. The van der Waals surface area contributed by atoms with Crippen molar-refractivity contribution in [2.45, 2.75) is 44.7 Å². The van der Waals surface area contributed by atoms with Gasteiger partial charge < -0.3 is 10.3 Å². The van der Waals surface area contributed by atoms with Gasteiger partial charge in [-0.1, -0.05) is 11.6 Å². The predicted octanol–water partition coefficient (Wildman–Crippen LogP) is 3.40. The number of nitrogen functional groups attached to an aromatic ring is 1. The summed E-state index contributed by atoms with van der Waals surface area (Å²) in [5, 5.41) is 3.60. The van der Waals surface area contributed by atoms with Crippen molar-refractivity contribution in [2.75, 3.05) is 5.73 Å². The van der Waals surface area contributed by atoms with E-state index in [2.05, 4.69) is 5.16 Å². The SMILES string of the molecule is Cc1c(N)noc1C1CCCC(C(F)(F)F)C1. The van der Waals surface area contributed by atoms with E-state index < -0.39 is 12.1 Å². The van der Waals surface area contributed by atoms with Gasteiger partial charge in [0.25, 0.3) is 0 Å². The van der Waals surface area contributed by atoms with Crippen molar-refractivity contribution >= 4 is 5.82 Å². The molecule has 1 aliphatic carbocycles. The molecule has 1 aromatic rings. The highest BCUT2D eigenvalue weighted by molar-refractivity contribution is 5.40. The Bertz CT molecular complexity index is 400. The first kappa shape index (κ1) is 12.3. The first-order chi connectivity index (χ1) is 7.89. The smallest absolute Gasteiger partial charge is 0.381 e. The lowest BCUT2D eigenvalue weighted by molar-refractivity contribution is -0.183. The normalized spacial score (nSPS) is 26.1. The van der Waals surface area contributed by atoms with Crippen LogP contribution in [0.15, 0.2) is 4.52 Å². The molecule has 0 spiro atoms. The van der Waals surface area contributed by atoms with Gasteiger partial charge in [-0.25, -0.2) is 0 Å². The third-order valence-electron chi connectivity index (χ3n) is 3.50. The summed E-state index contributed by atoms with van der Waals surface area (Å²) in [4.78, 5) is 0. The predicted molar refractivity (Wildman–Crippen MR) is 56.4 cm³/mol. The van der Waals surface area contributed by atoms with Crippen LogP contribution >= 0.6 is 0 Å². The van der Waals surface area contributed by atoms with E-state index in [-0.39, 0.29) is 24.6 Å². The highest BCUT2D eigenvalue weighted by Crippen LogP contribution is 2.44. The van der Waals surface area contributed by atoms with E-state index in [1.54, 1.807) is 6.92 Å². The van der Waals surface area contributed by atoms with Crippen molar-refractivity contribution in [1.29, 1.82) is 0 Å². The lowest BCUT2D eigenvalue weighted by atomic mass is 9.79. The van der Waals surface area contributed by atoms with Crippen LogP contribution in [0.25, 0.3) is 0 Å². The third kappa shape index (κ3) is 2.40. The van der Waals surface area contributed by atoms with E-state index in [0.29, 0.717) is 24.2 Å². The average molecular weight is 248 g/mol. The molecule has 17 heavy (non-hydrogen) atoms. The van der Waals surface area contributed by atoms with Crippen LogP contribution in [-0.2, 0) is 0 Å². The minimum absolute atomic E-state index is 0.0823. The molecule has 2 rings (SSSR count). The van der Waals surface area contributed by atoms with Crippen LogP contribution < -0.4 is 5.73 Å². The average Bonchev–Trinajstić information content (AvgIpc) is 2.59. The minimum Gasteiger partial charge on any atom is -0.381 e. The lowest BCUT2D eigenvalue weighted by Crippen LogP contribution is -2.28. The zero-order valence-electron chi connectivity index (χ0n) is 9.55. The third-order valence-corrected chi connectivity index (χ3v) is 3.50. The molecule has 96 valence electrons. The Balaban J connectivity index is 2.15. The summed E-state index contributed by atoms with van der Waals surface area (Å²) < 4.78 is 43.0. The molecule has 0 bridgehead atoms. The largest absolute Gasteiger partial charge is 0.391 e. The second-order valence-corrected chi connectivity index (χ2v) is 4.66. The summed E-state index contributed by atoms with van der Waals surface area (Å²) in [5.41, 5.74) is 6.22. The van der Waals surface area contributed by atoms with Crippen LogP contribution in [0.4, 0.5) is 19.0 Å². The molecule has 3 nitrogen and oxygen atoms in total. The van der Waals surface area contributed by atoms with Crippen molar-refractivity contribution in [3.05, 3.63) is 11.3 Å². The molecule has 6 heteroatoms. The van der Waals surface area contributed by atoms with E-state index in [9.17, 15) is 13.2 Å². The molecule has 1 heterocycles. The summed E-state index contributed by atoms with van der Waals surface area (Å²) >= 11 is 0. The molecule has 2 atom stereocenters. The van der Waals surface area contributed by atoms with E-state index in [1.165, 1.54) is 0 Å². The summed E-state index contributed by atoms with van der Waals surface area (Å²) in [7, 11) is 0. The molecular formula is C11H15F3N2O. The Morgan fingerprint density at radius 3 is 2.59 bits per heavy atom. The van der Waals surface area contributed by atoms with E-state index >= 15 is 0 Å². The molecule has 0 radical (unpaired) electrons. The number of rotatable bonds is 1. The van der Waals surface area contributed by atoms with Crippen LogP contribution in [0.2, 0.25) is 0 Å². The second kappa shape index (κ2) is 4.23. The van der Waals surface area contributed by atoms with Crippen molar-refractivity contribution in [2.24, 2.45) is 5.92 Å². The number of anilines is 1. The van der Waals surface area contributed by atoms with Crippen LogP contribution in [0.3, 0.4) is 0 Å². The van der Waals surface area contributed by atoms with Gasteiger partial charge in [-0.2, -0.15) is 13.2 Å².